The van der Waals surface area contributed by atoms with Crippen LogP contribution in [0.3, 0.4) is 0 Å². The van der Waals surface area contributed by atoms with Crippen LogP contribution >= 0.6 is 0 Å². The van der Waals surface area contributed by atoms with Gasteiger partial charge in [0.1, 0.15) is 0 Å². The highest BCUT2D eigenvalue weighted by molar-refractivity contribution is 5.66. The molecule has 0 fully saturated rings. The van der Waals surface area contributed by atoms with Crippen LogP contribution in [0.1, 0.15) is 25.8 Å². The molecule has 0 unspecified atom stereocenters. The van der Waals surface area contributed by atoms with Gasteiger partial charge in [-0.25, -0.2) is 4.79 Å². The van der Waals surface area contributed by atoms with Crippen LogP contribution in [0, 0.1) is 0 Å². The summed E-state index contributed by atoms with van der Waals surface area (Å²) in [5, 5.41) is 18.2. The Bertz CT molecular complexity index is 362. The van der Waals surface area contributed by atoms with Crippen molar-refractivity contribution in [2.75, 3.05) is 6.61 Å². The maximum Gasteiger partial charge on any atom is 0.408 e. The summed E-state index contributed by atoms with van der Waals surface area (Å²) in [4.78, 5) is 12.6. The molecule has 0 radical (unpaired) electrons. The van der Waals surface area contributed by atoms with E-state index >= 15 is 0 Å². The monoisotopic (exact) mass is 237 g/mol. The van der Waals surface area contributed by atoms with Gasteiger partial charge in [0.15, 0.2) is 0 Å². The van der Waals surface area contributed by atoms with Crippen molar-refractivity contribution >= 4 is 6.09 Å². The zero-order valence-electron chi connectivity index (χ0n) is 10.3. The predicted octanol–water partition coefficient (Wildman–Crippen LogP) is 2.33. The number of rotatable bonds is 5. The van der Waals surface area contributed by atoms with Crippen molar-refractivity contribution in [3.8, 4) is 0 Å². The summed E-state index contributed by atoms with van der Waals surface area (Å²) in [5.41, 5.74) is 0.372. The maximum atomic E-state index is 11.3. The summed E-state index contributed by atoms with van der Waals surface area (Å²) >= 11 is 0. The van der Waals surface area contributed by atoms with Crippen LogP contribution in [0.5, 0.6) is 0 Å². The van der Waals surface area contributed by atoms with E-state index in [-0.39, 0.29) is 6.61 Å². The lowest BCUT2D eigenvalue weighted by molar-refractivity contribution is 0.0718. The molecule has 1 amide bonds. The van der Waals surface area contributed by atoms with Crippen molar-refractivity contribution in [1.82, 2.24) is 4.90 Å². The van der Waals surface area contributed by atoms with Crippen molar-refractivity contribution in [2.24, 2.45) is 0 Å². The minimum atomic E-state index is -0.965. The van der Waals surface area contributed by atoms with Gasteiger partial charge in [-0.3, -0.25) is 4.90 Å². The normalized spacial score (nSPS) is 11.2. The molecule has 0 spiro atoms. The SMILES string of the molecule is CC(C)(CCO)N(Cc1ccccc1)C(=O)O. The third-order valence-electron chi connectivity index (χ3n) is 2.87. The van der Waals surface area contributed by atoms with E-state index in [9.17, 15) is 9.90 Å². The highest BCUT2D eigenvalue weighted by atomic mass is 16.4. The topological polar surface area (TPSA) is 60.8 Å². The van der Waals surface area contributed by atoms with E-state index < -0.39 is 11.6 Å². The molecule has 1 aromatic carbocycles. The molecule has 0 heterocycles. The molecule has 0 atom stereocenters. The van der Waals surface area contributed by atoms with Crippen molar-refractivity contribution in [1.29, 1.82) is 0 Å². The summed E-state index contributed by atoms with van der Waals surface area (Å²) < 4.78 is 0. The van der Waals surface area contributed by atoms with E-state index in [0.29, 0.717) is 13.0 Å². The Kier molecular flexibility index (Phi) is 4.52. The second kappa shape index (κ2) is 5.68. The Hall–Kier alpha value is -1.55. The summed E-state index contributed by atoms with van der Waals surface area (Å²) in [6, 6.07) is 9.45. The third kappa shape index (κ3) is 3.75. The lowest BCUT2D eigenvalue weighted by atomic mass is 9.98. The molecule has 0 saturated carbocycles. The first kappa shape index (κ1) is 13.5. The minimum Gasteiger partial charge on any atom is -0.465 e. The van der Waals surface area contributed by atoms with Crippen molar-refractivity contribution in [3.05, 3.63) is 35.9 Å². The van der Waals surface area contributed by atoms with E-state index in [4.69, 9.17) is 5.11 Å². The molecule has 17 heavy (non-hydrogen) atoms. The molecule has 0 aliphatic rings. The fourth-order valence-electron chi connectivity index (χ4n) is 1.72. The summed E-state index contributed by atoms with van der Waals surface area (Å²) in [5.74, 6) is 0. The molecule has 0 aliphatic heterocycles. The highest BCUT2D eigenvalue weighted by Gasteiger charge is 2.30. The number of nitrogens with zero attached hydrogens (tertiary/aromatic N) is 1. The minimum absolute atomic E-state index is 0.0223. The molecule has 2 N–H and O–H groups in total. The van der Waals surface area contributed by atoms with Crippen molar-refractivity contribution < 1.29 is 15.0 Å². The van der Waals surface area contributed by atoms with E-state index in [2.05, 4.69) is 0 Å². The zero-order valence-corrected chi connectivity index (χ0v) is 10.3. The fourth-order valence-corrected chi connectivity index (χ4v) is 1.72. The van der Waals surface area contributed by atoms with Crippen LogP contribution in [-0.2, 0) is 6.54 Å². The Morgan fingerprint density at radius 2 is 1.88 bits per heavy atom. The lowest BCUT2D eigenvalue weighted by Gasteiger charge is -2.36. The first-order valence-corrected chi connectivity index (χ1v) is 5.63. The smallest absolute Gasteiger partial charge is 0.408 e. The van der Waals surface area contributed by atoms with Crippen molar-refractivity contribution in [2.45, 2.75) is 32.4 Å². The zero-order chi connectivity index (χ0) is 12.9. The molecule has 4 heteroatoms. The van der Waals surface area contributed by atoms with Gasteiger partial charge in [0, 0.05) is 18.7 Å². The summed E-state index contributed by atoms with van der Waals surface area (Å²) in [6.07, 6.45) is -0.543. The molecule has 94 valence electrons. The number of hydrogen-bond donors (Lipinski definition) is 2. The van der Waals surface area contributed by atoms with Crippen LogP contribution in [0.4, 0.5) is 4.79 Å². The molecule has 4 nitrogen and oxygen atoms in total. The molecule has 1 aromatic rings. The maximum absolute atomic E-state index is 11.3. The number of aliphatic hydroxyl groups is 1. The van der Waals surface area contributed by atoms with Crippen molar-refractivity contribution in [3.63, 3.8) is 0 Å². The summed E-state index contributed by atoms with van der Waals surface area (Å²) in [7, 11) is 0. The van der Waals surface area contributed by atoms with E-state index in [1.54, 1.807) is 0 Å². The van der Waals surface area contributed by atoms with Crippen LogP contribution < -0.4 is 0 Å². The summed E-state index contributed by atoms with van der Waals surface area (Å²) in [6.45, 7) is 3.95. The van der Waals surface area contributed by atoms with Crippen LogP contribution in [0.15, 0.2) is 30.3 Å². The Morgan fingerprint density at radius 1 is 1.29 bits per heavy atom. The molecule has 0 saturated heterocycles. The number of amides is 1. The van der Waals surface area contributed by atoms with Gasteiger partial charge in [-0.2, -0.15) is 0 Å². The lowest BCUT2D eigenvalue weighted by Crippen LogP contribution is -2.47. The van der Waals surface area contributed by atoms with Gasteiger partial charge in [0.05, 0.1) is 0 Å². The Morgan fingerprint density at radius 3 is 2.35 bits per heavy atom. The molecular weight excluding hydrogens is 218 g/mol. The first-order chi connectivity index (χ1) is 7.97. The quantitative estimate of drug-likeness (QED) is 0.826. The van der Waals surface area contributed by atoms with Gasteiger partial charge in [-0.15, -0.1) is 0 Å². The molecule has 0 bridgehead atoms. The van der Waals surface area contributed by atoms with Crippen LogP contribution in [-0.4, -0.2) is 33.4 Å². The third-order valence-corrected chi connectivity index (χ3v) is 2.87. The Balaban J connectivity index is 2.84. The number of hydrogen-bond acceptors (Lipinski definition) is 2. The van der Waals surface area contributed by atoms with Gasteiger partial charge >= 0.3 is 6.09 Å². The molecule has 1 rings (SSSR count). The van der Waals surface area contributed by atoms with Crippen LogP contribution in [0.2, 0.25) is 0 Å². The van der Waals surface area contributed by atoms with Gasteiger partial charge in [0.25, 0.3) is 0 Å². The Labute approximate surface area is 101 Å². The molecule has 0 aliphatic carbocycles. The molecule has 0 aromatic heterocycles. The fraction of sp³-hybridized carbons (Fsp3) is 0.462. The van der Waals surface area contributed by atoms with E-state index in [1.807, 2.05) is 44.2 Å². The van der Waals surface area contributed by atoms with E-state index in [1.165, 1.54) is 4.90 Å². The van der Waals surface area contributed by atoms with Gasteiger partial charge in [0.2, 0.25) is 0 Å². The van der Waals surface area contributed by atoms with Crippen LogP contribution in [0.25, 0.3) is 0 Å². The number of benzene rings is 1. The molecular formula is C13H19NO3. The predicted molar refractivity (Wildman–Crippen MR) is 65.8 cm³/mol. The highest BCUT2D eigenvalue weighted by Crippen LogP contribution is 2.21. The largest absolute Gasteiger partial charge is 0.465 e. The van der Waals surface area contributed by atoms with Gasteiger partial charge in [-0.05, 0) is 25.8 Å². The average molecular weight is 237 g/mol. The second-order valence-electron chi connectivity index (χ2n) is 4.64. The average Bonchev–Trinajstić information content (AvgIpc) is 2.26. The van der Waals surface area contributed by atoms with E-state index in [0.717, 1.165) is 5.56 Å². The number of aliphatic hydroxyl groups excluding tert-OH is 1. The second-order valence-corrected chi connectivity index (χ2v) is 4.64. The number of carboxylic acid groups (broad SMARTS) is 1. The number of carbonyl (C=O) groups is 1. The van der Waals surface area contributed by atoms with Gasteiger partial charge in [-0.1, -0.05) is 30.3 Å². The van der Waals surface area contributed by atoms with Gasteiger partial charge < -0.3 is 10.2 Å². The first-order valence-electron chi connectivity index (χ1n) is 5.63. The standard InChI is InChI=1S/C13H19NO3/c1-13(2,8-9-15)14(12(16)17)10-11-6-4-3-5-7-11/h3-7,15H,8-10H2,1-2H3,(H,16,17).